The lowest BCUT2D eigenvalue weighted by Crippen LogP contribution is -2.21. The number of carbonyl (C=O) groups is 1. The molecule has 1 heterocycles. The predicted octanol–water partition coefficient (Wildman–Crippen LogP) is 5.00. The Morgan fingerprint density at radius 1 is 1.17 bits per heavy atom. The molecule has 1 N–H and O–H groups in total. The van der Waals surface area contributed by atoms with E-state index in [1.165, 1.54) is 18.7 Å². The number of nitrogens with zero attached hydrogens (tertiary/aromatic N) is 3. The Bertz CT molecular complexity index is 1080. The highest BCUT2D eigenvalue weighted by Crippen LogP contribution is 2.33. The molecule has 1 aromatic heterocycles. The molecule has 0 radical (unpaired) electrons. The molecule has 3 aromatic rings. The van der Waals surface area contributed by atoms with Crippen LogP contribution >= 0.6 is 11.8 Å². The van der Waals surface area contributed by atoms with Gasteiger partial charge in [0, 0.05) is 11.3 Å². The SMILES string of the molecule is CC(=N)[C@@H](C#N)C(=O)CSc1ncc(-c2ccccc2)n1-c1c(C)cccc1C. The van der Waals surface area contributed by atoms with E-state index in [-0.39, 0.29) is 17.2 Å². The van der Waals surface area contributed by atoms with Gasteiger partial charge in [-0.2, -0.15) is 5.26 Å². The molecule has 0 aliphatic rings. The van der Waals surface area contributed by atoms with Crippen LogP contribution in [0.3, 0.4) is 0 Å². The van der Waals surface area contributed by atoms with E-state index in [1.54, 1.807) is 0 Å². The molecule has 0 saturated carbocycles. The number of rotatable bonds is 7. The van der Waals surface area contributed by atoms with Gasteiger partial charge in [-0.3, -0.25) is 9.36 Å². The number of nitriles is 1. The van der Waals surface area contributed by atoms with Crippen LogP contribution in [-0.4, -0.2) is 26.8 Å². The Morgan fingerprint density at radius 2 is 1.83 bits per heavy atom. The van der Waals surface area contributed by atoms with E-state index >= 15 is 0 Å². The van der Waals surface area contributed by atoms with Crippen LogP contribution in [-0.2, 0) is 4.79 Å². The van der Waals surface area contributed by atoms with E-state index < -0.39 is 5.92 Å². The van der Waals surface area contributed by atoms with Crippen molar-refractivity contribution in [2.24, 2.45) is 5.92 Å². The number of para-hydroxylation sites is 1. The summed E-state index contributed by atoms with van der Waals surface area (Å²) < 4.78 is 2.08. The number of Topliss-reactive ketones (excluding diaryl/α,β-unsaturated/α-hetero) is 1. The van der Waals surface area contributed by atoms with Crippen molar-refractivity contribution >= 4 is 23.3 Å². The second kappa shape index (κ2) is 8.89. The molecule has 0 aliphatic carbocycles. The Morgan fingerprint density at radius 3 is 2.41 bits per heavy atom. The van der Waals surface area contributed by atoms with Crippen molar-refractivity contribution in [2.75, 3.05) is 5.75 Å². The van der Waals surface area contributed by atoms with Crippen molar-refractivity contribution in [1.82, 2.24) is 9.55 Å². The highest BCUT2D eigenvalue weighted by atomic mass is 32.2. The number of aryl methyl sites for hydroxylation is 2. The quantitative estimate of drug-likeness (QED) is 0.445. The summed E-state index contributed by atoms with van der Waals surface area (Å²) in [6, 6.07) is 18.1. The molecule has 5 nitrogen and oxygen atoms in total. The minimum absolute atomic E-state index is 0.0705. The summed E-state index contributed by atoms with van der Waals surface area (Å²) in [5.74, 6) is -1.19. The highest BCUT2D eigenvalue weighted by molar-refractivity contribution is 7.99. The van der Waals surface area contributed by atoms with E-state index in [4.69, 9.17) is 5.41 Å². The van der Waals surface area contributed by atoms with Crippen LogP contribution < -0.4 is 0 Å². The van der Waals surface area contributed by atoms with Gasteiger partial charge in [0.2, 0.25) is 0 Å². The summed E-state index contributed by atoms with van der Waals surface area (Å²) in [5.41, 5.74) is 5.31. The Hall–Kier alpha value is -3.17. The number of aromatic nitrogens is 2. The third-order valence-electron chi connectivity index (χ3n) is 4.69. The van der Waals surface area contributed by atoms with Crippen molar-refractivity contribution in [3.63, 3.8) is 0 Å². The lowest BCUT2D eigenvalue weighted by Gasteiger charge is -2.17. The molecule has 29 heavy (non-hydrogen) atoms. The minimum atomic E-state index is -1.00. The summed E-state index contributed by atoms with van der Waals surface area (Å²) in [7, 11) is 0. The lowest BCUT2D eigenvalue weighted by atomic mass is 10.0. The average Bonchev–Trinajstić information content (AvgIpc) is 3.11. The molecule has 0 bridgehead atoms. The predicted molar refractivity (Wildman–Crippen MR) is 117 cm³/mol. The van der Waals surface area contributed by atoms with Crippen LogP contribution in [0.15, 0.2) is 59.9 Å². The molecular weight excluding hydrogens is 380 g/mol. The number of hydrogen-bond acceptors (Lipinski definition) is 5. The number of carbonyl (C=O) groups excluding carboxylic acids is 1. The largest absolute Gasteiger partial charge is 0.308 e. The zero-order valence-electron chi connectivity index (χ0n) is 16.6. The molecule has 146 valence electrons. The van der Waals surface area contributed by atoms with Crippen LogP contribution in [0.25, 0.3) is 16.9 Å². The fourth-order valence-corrected chi connectivity index (χ4v) is 4.14. The van der Waals surface area contributed by atoms with Gasteiger partial charge in [0.25, 0.3) is 0 Å². The first-order chi connectivity index (χ1) is 13.9. The van der Waals surface area contributed by atoms with Crippen LogP contribution in [0.5, 0.6) is 0 Å². The maximum atomic E-state index is 12.4. The van der Waals surface area contributed by atoms with Crippen LogP contribution in [0, 0.1) is 36.5 Å². The second-order valence-corrected chi connectivity index (χ2v) is 7.81. The summed E-state index contributed by atoms with van der Waals surface area (Å²) >= 11 is 1.30. The zero-order chi connectivity index (χ0) is 21.0. The first-order valence-corrected chi connectivity index (χ1v) is 10.2. The molecule has 6 heteroatoms. The number of hydrogen-bond donors (Lipinski definition) is 1. The van der Waals surface area contributed by atoms with E-state index in [9.17, 15) is 10.1 Å². The summed E-state index contributed by atoms with van der Waals surface area (Å²) in [6.45, 7) is 5.60. The number of ketones is 1. The maximum absolute atomic E-state index is 12.4. The van der Waals surface area contributed by atoms with Crippen molar-refractivity contribution in [2.45, 2.75) is 25.9 Å². The highest BCUT2D eigenvalue weighted by Gasteiger charge is 2.23. The molecule has 0 saturated heterocycles. The third kappa shape index (κ3) is 4.30. The second-order valence-electron chi connectivity index (χ2n) is 6.87. The standard InChI is InChI=1S/C23H22N4OS/c1-15-8-7-9-16(2)22(15)27-20(18-10-5-4-6-11-18)13-26-23(27)29-14-21(28)19(12-24)17(3)25/h4-11,13,19,25H,14H2,1-3H3/t19-/m1/s1. The number of nitrogens with one attached hydrogen (secondary N) is 1. The van der Waals surface area contributed by atoms with Gasteiger partial charge in [0.15, 0.2) is 10.9 Å². The van der Waals surface area contributed by atoms with E-state index in [1.807, 2.05) is 48.7 Å². The monoisotopic (exact) mass is 402 g/mol. The third-order valence-corrected chi connectivity index (χ3v) is 5.66. The van der Waals surface area contributed by atoms with Gasteiger partial charge in [-0.1, -0.05) is 60.3 Å². The van der Waals surface area contributed by atoms with E-state index in [0.717, 1.165) is 28.1 Å². The maximum Gasteiger partial charge on any atom is 0.173 e. The molecule has 0 spiro atoms. The molecule has 2 aromatic carbocycles. The normalized spacial score (nSPS) is 11.7. The smallest absolute Gasteiger partial charge is 0.173 e. The molecule has 0 unspecified atom stereocenters. The number of thioether (sulfide) groups is 1. The summed E-state index contributed by atoms with van der Waals surface area (Å²) in [5, 5.41) is 17.5. The molecule has 0 amide bonds. The number of benzene rings is 2. The molecule has 3 rings (SSSR count). The Balaban J connectivity index is 2.05. The van der Waals surface area contributed by atoms with Gasteiger partial charge < -0.3 is 5.41 Å². The van der Waals surface area contributed by atoms with Crippen LogP contribution in [0.4, 0.5) is 0 Å². The zero-order valence-corrected chi connectivity index (χ0v) is 17.5. The lowest BCUT2D eigenvalue weighted by molar-refractivity contribution is -0.117. The summed E-state index contributed by atoms with van der Waals surface area (Å²) in [6.07, 6.45) is 1.82. The Kier molecular flexibility index (Phi) is 6.30. The van der Waals surface area contributed by atoms with Crippen molar-refractivity contribution in [1.29, 1.82) is 10.7 Å². The summed E-state index contributed by atoms with van der Waals surface area (Å²) in [4.78, 5) is 17.0. The van der Waals surface area contributed by atoms with Gasteiger partial charge >= 0.3 is 0 Å². The molecule has 1 atom stereocenters. The fourth-order valence-electron chi connectivity index (χ4n) is 3.25. The first-order valence-electron chi connectivity index (χ1n) is 9.24. The van der Waals surface area contributed by atoms with Gasteiger partial charge in [0.05, 0.1) is 29.4 Å². The van der Waals surface area contributed by atoms with Crippen molar-refractivity contribution in [3.05, 3.63) is 65.9 Å². The molecular formula is C23H22N4OS. The van der Waals surface area contributed by atoms with Gasteiger partial charge in [0.1, 0.15) is 5.92 Å². The number of imidazole rings is 1. The first kappa shape index (κ1) is 20.6. The minimum Gasteiger partial charge on any atom is -0.308 e. The van der Waals surface area contributed by atoms with Gasteiger partial charge in [-0.25, -0.2) is 4.98 Å². The van der Waals surface area contributed by atoms with Crippen LogP contribution in [0.1, 0.15) is 18.1 Å². The fraction of sp³-hybridized carbons (Fsp3) is 0.217. The van der Waals surface area contributed by atoms with Crippen molar-refractivity contribution in [3.8, 4) is 23.0 Å². The van der Waals surface area contributed by atoms with E-state index in [2.05, 4.69) is 35.5 Å². The van der Waals surface area contributed by atoms with Crippen LogP contribution in [0.2, 0.25) is 0 Å². The van der Waals surface area contributed by atoms with Gasteiger partial charge in [-0.15, -0.1) is 0 Å². The molecule has 0 fully saturated rings. The average molecular weight is 403 g/mol. The van der Waals surface area contributed by atoms with E-state index in [0.29, 0.717) is 5.16 Å². The topological polar surface area (TPSA) is 82.5 Å². The Labute approximate surface area is 174 Å². The molecule has 0 aliphatic heterocycles. The van der Waals surface area contributed by atoms with Crippen molar-refractivity contribution < 1.29 is 4.79 Å². The van der Waals surface area contributed by atoms with Gasteiger partial charge in [-0.05, 0) is 31.9 Å².